The van der Waals surface area contributed by atoms with Crippen LogP contribution in [0, 0.1) is 0 Å². The molecule has 0 aliphatic carbocycles. The topological polar surface area (TPSA) is 139 Å². The molecule has 5 rings (SSSR count). The Labute approximate surface area is 275 Å². The molecule has 2 aromatic heterocycles. The second kappa shape index (κ2) is 16.0. The van der Waals surface area contributed by atoms with Crippen LogP contribution in [0.25, 0.3) is 11.4 Å². The minimum Gasteiger partial charge on any atom is -0.493 e. The second-order valence-electron chi connectivity index (χ2n) is 11.1. The van der Waals surface area contributed by atoms with Gasteiger partial charge in [0.25, 0.3) is 5.91 Å². The highest BCUT2D eigenvalue weighted by atomic mass is 16.5. The second-order valence-corrected chi connectivity index (χ2v) is 11.1. The van der Waals surface area contributed by atoms with Gasteiger partial charge in [-0.15, -0.1) is 0 Å². The molecule has 2 bridgehead atoms. The normalized spacial score (nSPS) is 14.8. The average molecular weight is 646 g/mol. The molecule has 0 spiro atoms. The van der Waals surface area contributed by atoms with Gasteiger partial charge in [0.05, 0.1) is 40.6 Å². The number of carbonyl (C=O) groups is 1. The van der Waals surface area contributed by atoms with E-state index in [0.717, 1.165) is 49.4 Å². The van der Waals surface area contributed by atoms with Crippen LogP contribution < -0.4 is 29.4 Å². The van der Waals surface area contributed by atoms with Crippen molar-refractivity contribution in [2.45, 2.75) is 32.4 Å². The van der Waals surface area contributed by atoms with Gasteiger partial charge in [0.15, 0.2) is 23.0 Å². The van der Waals surface area contributed by atoms with E-state index < -0.39 is 0 Å². The fourth-order valence-corrected chi connectivity index (χ4v) is 5.73. The van der Waals surface area contributed by atoms with Gasteiger partial charge in [0.2, 0.25) is 11.7 Å². The van der Waals surface area contributed by atoms with Gasteiger partial charge in [0.1, 0.15) is 5.82 Å². The maximum absolute atomic E-state index is 14.0. The number of hydrogen-bond donors (Lipinski definition) is 1. The number of methoxy groups -OCH3 is 4. The maximum atomic E-state index is 14.0. The maximum Gasteiger partial charge on any atom is 0.257 e. The molecule has 2 aromatic carbocycles. The quantitative estimate of drug-likeness (QED) is 0.310. The van der Waals surface area contributed by atoms with Gasteiger partial charge >= 0.3 is 0 Å². The molecule has 0 saturated heterocycles. The molecule has 0 unspecified atom stereocenters. The van der Waals surface area contributed by atoms with Crippen molar-refractivity contribution in [1.29, 1.82) is 0 Å². The average Bonchev–Trinajstić information content (AvgIpc) is 3.57. The van der Waals surface area contributed by atoms with Gasteiger partial charge < -0.3 is 38.9 Å². The third-order valence-corrected chi connectivity index (χ3v) is 8.13. The Hall–Kier alpha value is -5.04. The molecule has 0 radical (unpaired) electrons. The largest absolute Gasteiger partial charge is 0.493 e. The number of hydrogen-bond acceptors (Lipinski definition) is 11. The molecule has 1 aliphatic rings. The molecule has 0 saturated carbocycles. The Morgan fingerprint density at radius 1 is 0.830 bits per heavy atom. The Morgan fingerprint density at radius 2 is 1.55 bits per heavy atom. The summed E-state index contributed by atoms with van der Waals surface area (Å²) in [5.74, 6) is 3.40. The van der Waals surface area contributed by atoms with Gasteiger partial charge in [0, 0.05) is 68.6 Å². The van der Waals surface area contributed by atoms with Crippen molar-refractivity contribution in [3.63, 3.8) is 0 Å². The molecular weight excluding hydrogens is 602 g/mol. The Morgan fingerprint density at radius 3 is 2.30 bits per heavy atom. The number of rotatable bonds is 7. The Balaban J connectivity index is 1.42. The highest BCUT2D eigenvalue weighted by Gasteiger charge is 2.25. The van der Waals surface area contributed by atoms with Crippen LogP contribution >= 0.6 is 0 Å². The van der Waals surface area contributed by atoms with Gasteiger partial charge in [-0.3, -0.25) is 9.69 Å². The number of amides is 1. The summed E-state index contributed by atoms with van der Waals surface area (Å²) < 4.78 is 30.6. The van der Waals surface area contributed by atoms with E-state index in [0.29, 0.717) is 67.0 Å². The number of benzene rings is 2. The van der Waals surface area contributed by atoms with Crippen molar-refractivity contribution >= 4 is 11.9 Å². The molecule has 1 aliphatic heterocycles. The summed E-state index contributed by atoms with van der Waals surface area (Å²) in [5, 5.41) is 0. The molecule has 3 heterocycles. The van der Waals surface area contributed by atoms with E-state index in [1.165, 1.54) is 14.2 Å². The third kappa shape index (κ3) is 8.04. The van der Waals surface area contributed by atoms with Gasteiger partial charge in [-0.2, -0.15) is 0 Å². The first-order chi connectivity index (χ1) is 22.9. The molecular formula is C34H43N7O6. The van der Waals surface area contributed by atoms with E-state index in [4.69, 9.17) is 29.4 Å². The molecule has 13 heteroatoms. The third-order valence-electron chi connectivity index (χ3n) is 8.13. The summed E-state index contributed by atoms with van der Waals surface area (Å²) >= 11 is 0. The highest BCUT2D eigenvalue weighted by Crippen LogP contribution is 2.40. The van der Waals surface area contributed by atoms with E-state index in [1.807, 2.05) is 35.5 Å². The smallest absolute Gasteiger partial charge is 0.257 e. The summed E-state index contributed by atoms with van der Waals surface area (Å²) in [4.78, 5) is 31.3. The minimum absolute atomic E-state index is 0.151. The van der Waals surface area contributed by atoms with E-state index in [9.17, 15) is 4.79 Å². The van der Waals surface area contributed by atoms with Crippen LogP contribution in [0.2, 0.25) is 0 Å². The lowest BCUT2D eigenvalue weighted by Gasteiger charge is -2.26. The van der Waals surface area contributed by atoms with Crippen molar-refractivity contribution in [2.24, 2.45) is 0 Å². The fraction of sp³-hybridized carbons (Fsp3) is 0.412. The molecule has 0 atom stereocenters. The molecule has 4 aromatic rings. The van der Waals surface area contributed by atoms with Crippen LogP contribution in [0.4, 0.5) is 5.95 Å². The predicted octanol–water partition coefficient (Wildman–Crippen LogP) is 4.16. The first-order valence-electron chi connectivity index (χ1n) is 15.6. The summed E-state index contributed by atoms with van der Waals surface area (Å²) in [6.07, 6.45) is 9.61. The highest BCUT2D eigenvalue weighted by molar-refractivity contribution is 5.98. The molecule has 1 amide bonds. The lowest BCUT2D eigenvalue weighted by Crippen LogP contribution is -2.35. The predicted molar refractivity (Wildman–Crippen MR) is 177 cm³/mol. The Bertz CT molecular complexity index is 1630. The lowest BCUT2D eigenvalue weighted by atomic mass is 10.1. The van der Waals surface area contributed by atoms with Crippen LogP contribution in [0.3, 0.4) is 0 Å². The van der Waals surface area contributed by atoms with Crippen LogP contribution in [-0.2, 0) is 13.1 Å². The summed E-state index contributed by atoms with van der Waals surface area (Å²) in [7, 11) is 6.22. The SMILES string of the molecule is COc1ccc2cc1OCCCN(C(=O)c1ccc(OC)c(OC)c1OC)CCCCN(Cc1cnc(N)nc1)CCn1ccnc1-2. The molecule has 13 nitrogen and oxygen atoms in total. The van der Waals surface area contributed by atoms with Gasteiger partial charge in [-0.25, -0.2) is 15.0 Å². The minimum atomic E-state index is -0.151. The number of ether oxygens (including phenoxy) is 5. The number of nitrogens with two attached hydrogens (primary N) is 1. The van der Waals surface area contributed by atoms with Crippen molar-refractivity contribution in [3.8, 4) is 40.1 Å². The summed E-state index contributed by atoms with van der Waals surface area (Å²) in [5.41, 5.74) is 8.04. The van der Waals surface area contributed by atoms with E-state index in [-0.39, 0.29) is 11.9 Å². The number of imidazole rings is 1. The monoisotopic (exact) mass is 645 g/mol. The fourth-order valence-electron chi connectivity index (χ4n) is 5.73. The molecule has 47 heavy (non-hydrogen) atoms. The van der Waals surface area contributed by atoms with Gasteiger partial charge in [-0.05, 0) is 56.1 Å². The summed E-state index contributed by atoms with van der Waals surface area (Å²) in [6.45, 7) is 4.38. The van der Waals surface area contributed by atoms with E-state index >= 15 is 0 Å². The van der Waals surface area contributed by atoms with E-state index in [2.05, 4.69) is 24.4 Å². The molecule has 2 N–H and O–H groups in total. The van der Waals surface area contributed by atoms with Crippen molar-refractivity contribution in [1.82, 2.24) is 29.3 Å². The van der Waals surface area contributed by atoms with E-state index in [1.54, 1.807) is 38.7 Å². The van der Waals surface area contributed by atoms with Crippen molar-refractivity contribution in [3.05, 3.63) is 66.2 Å². The first-order valence-corrected chi connectivity index (χ1v) is 15.6. The number of anilines is 1. The summed E-state index contributed by atoms with van der Waals surface area (Å²) in [6, 6.07) is 9.28. The van der Waals surface area contributed by atoms with Crippen molar-refractivity contribution in [2.75, 3.05) is 67.0 Å². The number of fused-ring (bicyclic) bond motifs is 4. The van der Waals surface area contributed by atoms with Crippen molar-refractivity contribution < 1.29 is 28.5 Å². The standard InChI is InChI=1S/C34H43N7O6/c1-43-27-10-8-25-20-29(27)47-19-7-15-41(33(42)26-9-11-28(44-2)31(46-4)30(26)45-3)14-6-5-13-39(17-18-40-16-12-36-32(25)40)23-24-21-37-34(35)38-22-24/h8-12,16,20-22H,5-7,13-15,17-19,23H2,1-4H3,(H2,35,37,38). The van der Waals surface area contributed by atoms with Crippen LogP contribution in [-0.4, -0.2) is 96.5 Å². The van der Waals surface area contributed by atoms with Crippen LogP contribution in [0.1, 0.15) is 35.2 Å². The zero-order valence-corrected chi connectivity index (χ0v) is 27.5. The molecule has 250 valence electrons. The van der Waals surface area contributed by atoms with Crippen LogP contribution in [0.15, 0.2) is 55.1 Å². The first kappa shape index (κ1) is 33.3. The lowest BCUT2D eigenvalue weighted by molar-refractivity contribution is 0.0737. The number of nitrogen functional groups attached to an aromatic ring is 1. The molecule has 0 fully saturated rings. The number of nitrogens with zero attached hydrogens (tertiary/aromatic N) is 6. The van der Waals surface area contributed by atoms with Gasteiger partial charge in [-0.1, -0.05) is 0 Å². The number of aromatic nitrogens is 4. The van der Waals surface area contributed by atoms with Crippen LogP contribution in [0.5, 0.6) is 28.7 Å². The number of carbonyl (C=O) groups excluding carboxylic acids is 1. The zero-order valence-electron chi connectivity index (χ0n) is 27.5. The zero-order chi connectivity index (χ0) is 33.2. The Kier molecular flexibility index (Phi) is 11.3.